The van der Waals surface area contributed by atoms with Crippen molar-refractivity contribution < 1.29 is 19.1 Å². The highest BCUT2D eigenvalue weighted by molar-refractivity contribution is 6.31. The van der Waals surface area contributed by atoms with Crippen molar-refractivity contribution in [2.45, 2.75) is 25.9 Å². The van der Waals surface area contributed by atoms with E-state index >= 15 is 0 Å². The van der Waals surface area contributed by atoms with Crippen LogP contribution >= 0.6 is 23.2 Å². The molecule has 0 fully saturated rings. The molecule has 3 rings (SSSR count). The van der Waals surface area contributed by atoms with Gasteiger partial charge in [-0.3, -0.25) is 9.59 Å². The number of hydrogen-bond acceptors (Lipinski definition) is 4. The lowest BCUT2D eigenvalue weighted by Crippen LogP contribution is -2.41. The summed E-state index contributed by atoms with van der Waals surface area (Å²) in [7, 11) is 1.54. The summed E-state index contributed by atoms with van der Waals surface area (Å²) < 4.78 is 11.3. The van der Waals surface area contributed by atoms with Gasteiger partial charge in [-0.2, -0.15) is 0 Å². The Hall–Kier alpha value is -3.22. The van der Waals surface area contributed by atoms with Crippen molar-refractivity contribution in [2.75, 3.05) is 13.7 Å². The third-order valence-corrected chi connectivity index (χ3v) is 5.47. The Morgan fingerprint density at radius 1 is 0.853 bits per heavy atom. The van der Waals surface area contributed by atoms with Crippen molar-refractivity contribution in [2.24, 2.45) is 0 Å². The van der Waals surface area contributed by atoms with Gasteiger partial charge in [0.25, 0.3) is 11.8 Å². The zero-order valence-corrected chi connectivity index (χ0v) is 20.5. The van der Waals surface area contributed by atoms with Gasteiger partial charge in [-0.15, -0.1) is 0 Å². The molecule has 34 heavy (non-hydrogen) atoms. The van der Waals surface area contributed by atoms with E-state index in [1.807, 2.05) is 0 Å². The minimum absolute atomic E-state index is 0.362. The zero-order chi connectivity index (χ0) is 24.5. The normalized spacial score (nSPS) is 10.6. The van der Waals surface area contributed by atoms with E-state index in [9.17, 15) is 9.59 Å². The maximum Gasteiger partial charge on any atom is 0.253 e. The van der Waals surface area contributed by atoms with Gasteiger partial charge in [0.1, 0.15) is 6.17 Å². The molecule has 0 heterocycles. The smallest absolute Gasteiger partial charge is 0.253 e. The molecule has 0 saturated carbocycles. The van der Waals surface area contributed by atoms with Crippen molar-refractivity contribution >= 4 is 35.0 Å². The van der Waals surface area contributed by atoms with E-state index in [1.165, 1.54) is 7.11 Å². The molecule has 0 bridgehead atoms. The maximum absolute atomic E-state index is 13.0. The van der Waals surface area contributed by atoms with Crippen LogP contribution in [-0.4, -0.2) is 25.5 Å². The van der Waals surface area contributed by atoms with Crippen LogP contribution in [0.4, 0.5) is 0 Å². The first-order chi connectivity index (χ1) is 16.4. The van der Waals surface area contributed by atoms with Gasteiger partial charge in [-0.05, 0) is 60.5 Å². The van der Waals surface area contributed by atoms with Crippen molar-refractivity contribution in [1.29, 1.82) is 0 Å². The number of amides is 2. The fourth-order valence-corrected chi connectivity index (χ4v) is 3.58. The summed E-state index contributed by atoms with van der Waals surface area (Å²) in [6.45, 7) is 2.64. The fourth-order valence-electron chi connectivity index (χ4n) is 3.20. The molecule has 3 aromatic carbocycles. The molecule has 6 nitrogen and oxygen atoms in total. The average Bonchev–Trinajstić information content (AvgIpc) is 2.83. The summed E-state index contributed by atoms with van der Waals surface area (Å²) in [4.78, 5) is 25.9. The zero-order valence-electron chi connectivity index (χ0n) is 18.9. The highest BCUT2D eigenvalue weighted by atomic mass is 35.5. The fraction of sp³-hybridized carbons (Fsp3) is 0.231. The third-order valence-electron chi connectivity index (χ3n) is 5.00. The van der Waals surface area contributed by atoms with Crippen LogP contribution in [0.2, 0.25) is 10.0 Å². The molecule has 0 aliphatic carbocycles. The number of nitrogens with one attached hydrogen (secondary N) is 2. The van der Waals surface area contributed by atoms with Crippen LogP contribution in [-0.2, 0) is 0 Å². The highest BCUT2D eigenvalue weighted by Crippen LogP contribution is 2.30. The number of hydrogen-bond donors (Lipinski definition) is 2. The second-order valence-corrected chi connectivity index (χ2v) is 8.39. The molecule has 0 unspecified atom stereocenters. The van der Waals surface area contributed by atoms with E-state index in [0.29, 0.717) is 44.8 Å². The number of benzene rings is 3. The molecular weight excluding hydrogens is 475 g/mol. The lowest BCUT2D eigenvalue weighted by Gasteiger charge is -2.22. The SMILES string of the molecule is CCCCOc1ccc(C(NC(=O)c2cccc(Cl)c2)NC(=O)c2cccc(Cl)c2)cc1OC. The minimum Gasteiger partial charge on any atom is -0.493 e. The standard InChI is InChI=1S/C26H26Cl2N2O4/c1-3-4-13-34-22-12-11-17(16-23(22)33-2)24(29-25(31)18-7-5-9-20(27)14-18)30-26(32)19-8-6-10-21(28)15-19/h5-12,14-16,24H,3-4,13H2,1-2H3,(H,29,31)(H,30,32). The lowest BCUT2D eigenvalue weighted by atomic mass is 10.1. The van der Waals surface area contributed by atoms with Crippen LogP contribution in [0.5, 0.6) is 11.5 Å². The second-order valence-electron chi connectivity index (χ2n) is 7.51. The van der Waals surface area contributed by atoms with E-state index in [-0.39, 0.29) is 0 Å². The number of halogens is 2. The number of carbonyl (C=O) groups is 2. The van der Waals surface area contributed by atoms with E-state index < -0.39 is 18.0 Å². The summed E-state index contributed by atoms with van der Waals surface area (Å²) in [5.41, 5.74) is 1.33. The summed E-state index contributed by atoms with van der Waals surface area (Å²) in [5.74, 6) is 0.274. The van der Waals surface area contributed by atoms with Gasteiger partial charge in [0.05, 0.1) is 13.7 Å². The Balaban J connectivity index is 1.90. The minimum atomic E-state index is -0.864. The van der Waals surface area contributed by atoms with Gasteiger partial charge >= 0.3 is 0 Å². The van der Waals surface area contributed by atoms with Crippen molar-refractivity contribution in [1.82, 2.24) is 10.6 Å². The van der Waals surface area contributed by atoms with E-state index in [1.54, 1.807) is 66.7 Å². The van der Waals surface area contributed by atoms with Crippen LogP contribution < -0.4 is 20.1 Å². The van der Waals surface area contributed by atoms with Gasteiger partial charge in [0, 0.05) is 21.2 Å². The van der Waals surface area contributed by atoms with Gasteiger partial charge in [0.15, 0.2) is 11.5 Å². The topological polar surface area (TPSA) is 76.7 Å². The first-order valence-corrected chi connectivity index (χ1v) is 11.6. The predicted octanol–water partition coefficient (Wildman–Crippen LogP) is 6.04. The molecule has 0 aromatic heterocycles. The molecule has 2 N–H and O–H groups in total. The Morgan fingerprint density at radius 2 is 1.44 bits per heavy atom. The van der Waals surface area contributed by atoms with Crippen LogP contribution in [0.1, 0.15) is 52.2 Å². The Morgan fingerprint density at radius 3 is 1.94 bits per heavy atom. The molecule has 2 amide bonds. The molecule has 8 heteroatoms. The van der Waals surface area contributed by atoms with E-state index in [4.69, 9.17) is 32.7 Å². The van der Waals surface area contributed by atoms with Gasteiger partial charge in [-0.1, -0.05) is 54.7 Å². The number of methoxy groups -OCH3 is 1. The molecule has 0 spiro atoms. The van der Waals surface area contributed by atoms with E-state index in [2.05, 4.69) is 17.6 Å². The molecular formula is C26H26Cl2N2O4. The molecule has 0 aliphatic heterocycles. The number of unbranched alkanes of at least 4 members (excludes halogenated alkanes) is 1. The molecule has 0 atom stereocenters. The highest BCUT2D eigenvalue weighted by Gasteiger charge is 2.21. The number of carbonyl (C=O) groups excluding carboxylic acids is 2. The number of rotatable bonds is 10. The van der Waals surface area contributed by atoms with Gasteiger partial charge in [-0.25, -0.2) is 0 Å². The first kappa shape index (κ1) is 25.4. The molecule has 0 saturated heterocycles. The summed E-state index contributed by atoms with van der Waals surface area (Å²) >= 11 is 12.1. The second kappa shape index (κ2) is 12.3. The van der Waals surface area contributed by atoms with Crippen LogP contribution in [0, 0.1) is 0 Å². The number of ether oxygens (including phenoxy) is 2. The third kappa shape index (κ3) is 6.89. The summed E-state index contributed by atoms with van der Waals surface area (Å²) in [6.07, 6.45) is 1.06. The summed E-state index contributed by atoms with van der Waals surface area (Å²) in [5, 5.41) is 6.58. The Labute approximate surface area is 209 Å². The largest absolute Gasteiger partial charge is 0.493 e. The van der Waals surface area contributed by atoms with E-state index in [0.717, 1.165) is 12.8 Å². The maximum atomic E-state index is 13.0. The predicted molar refractivity (Wildman–Crippen MR) is 134 cm³/mol. The molecule has 3 aromatic rings. The average molecular weight is 501 g/mol. The van der Waals surface area contributed by atoms with Crippen LogP contribution in [0.15, 0.2) is 66.7 Å². The molecule has 0 radical (unpaired) electrons. The monoisotopic (exact) mass is 500 g/mol. The summed E-state index contributed by atoms with van der Waals surface area (Å²) in [6, 6.07) is 18.4. The first-order valence-electron chi connectivity index (χ1n) is 10.8. The van der Waals surface area contributed by atoms with Crippen molar-refractivity contribution in [3.05, 3.63) is 93.5 Å². The van der Waals surface area contributed by atoms with Gasteiger partial charge in [0.2, 0.25) is 0 Å². The van der Waals surface area contributed by atoms with Crippen LogP contribution in [0.3, 0.4) is 0 Å². The molecule has 0 aliphatic rings. The lowest BCUT2D eigenvalue weighted by molar-refractivity contribution is 0.0883. The van der Waals surface area contributed by atoms with Crippen LogP contribution in [0.25, 0.3) is 0 Å². The van der Waals surface area contributed by atoms with Crippen molar-refractivity contribution in [3.8, 4) is 11.5 Å². The Kier molecular flexibility index (Phi) is 9.19. The quantitative estimate of drug-likeness (QED) is 0.262. The van der Waals surface area contributed by atoms with Crippen molar-refractivity contribution in [3.63, 3.8) is 0 Å². The molecule has 178 valence electrons. The Bertz CT molecular complexity index is 1090. The van der Waals surface area contributed by atoms with Gasteiger partial charge < -0.3 is 20.1 Å².